The number of amidine groups is 1. The quantitative estimate of drug-likeness (QED) is 0.498. The van der Waals surface area contributed by atoms with Crippen molar-refractivity contribution in [3.8, 4) is 0 Å². The van der Waals surface area contributed by atoms with Crippen molar-refractivity contribution in [1.29, 1.82) is 0 Å². The fourth-order valence-electron chi connectivity index (χ4n) is 3.46. The van der Waals surface area contributed by atoms with E-state index in [4.69, 9.17) is 4.99 Å². The highest BCUT2D eigenvalue weighted by atomic mass is 32.2. The van der Waals surface area contributed by atoms with E-state index < -0.39 is 0 Å². The molecule has 2 heterocycles. The number of aliphatic imine (C=N–C) groups is 1. The van der Waals surface area contributed by atoms with E-state index in [0.29, 0.717) is 11.7 Å². The van der Waals surface area contributed by atoms with Crippen LogP contribution in [0.25, 0.3) is 0 Å². The third-order valence-corrected chi connectivity index (χ3v) is 7.40. The van der Waals surface area contributed by atoms with Crippen molar-refractivity contribution >= 4 is 46.0 Å². The molecule has 0 saturated carbocycles. The summed E-state index contributed by atoms with van der Waals surface area (Å²) in [7, 11) is 2.01. The molecular weight excluding hydrogens is 410 g/mol. The molecule has 4 nitrogen and oxygen atoms in total. The Bertz CT molecular complexity index is 1160. The van der Waals surface area contributed by atoms with E-state index in [-0.39, 0.29) is 5.91 Å². The first-order chi connectivity index (χ1) is 14.7. The summed E-state index contributed by atoms with van der Waals surface area (Å²) in [6.45, 7) is 0.533. The highest BCUT2D eigenvalue weighted by Crippen LogP contribution is 2.50. The van der Waals surface area contributed by atoms with E-state index in [0.717, 1.165) is 31.8 Å². The molecule has 0 atom stereocenters. The number of carbonyl (C=O) groups excluding carboxylic acids is 1. The minimum absolute atomic E-state index is 0.0276. The van der Waals surface area contributed by atoms with Crippen LogP contribution in [0.3, 0.4) is 0 Å². The number of benzene rings is 3. The maximum absolute atomic E-state index is 13.5. The average molecular weight is 430 g/mol. The maximum atomic E-state index is 13.5. The first-order valence-corrected chi connectivity index (χ1v) is 11.3. The fourth-order valence-corrected chi connectivity index (χ4v) is 5.78. The number of para-hydroxylation sites is 2. The molecule has 0 unspecified atom stereocenters. The summed E-state index contributed by atoms with van der Waals surface area (Å²) in [5.74, 6) is -0.0276. The van der Waals surface area contributed by atoms with E-state index in [1.807, 2.05) is 67.7 Å². The predicted molar refractivity (Wildman–Crippen MR) is 127 cm³/mol. The molecule has 0 spiro atoms. The van der Waals surface area contributed by atoms with Gasteiger partial charge in [-0.05, 0) is 41.6 Å². The summed E-state index contributed by atoms with van der Waals surface area (Å²) < 4.78 is 0. The summed E-state index contributed by atoms with van der Waals surface area (Å²) >= 11 is 3.10. The van der Waals surface area contributed by atoms with E-state index in [1.54, 1.807) is 16.7 Å². The molecule has 1 amide bonds. The highest BCUT2D eigenvalue weighted by molar-refractivity contribution is 8.20. The zero-order valence-electron chi connectivity index (χ0n) is 16.4. The molecule has 2 aliphatic rings. The van der Waals surface area contributed by atoms with E-state index in [1.165, 1.54) is 11.8 Å². The first-order valence-electron chi connectivity index (χ1n) is 9.63. The van der Waals surface area contributed by atoms with Gasteiger partial charge < -0.3 is 4.90 Å². The third-order valence-electron chi connectivity index (χ3n) is 4.97. The van der Waals surface area contributed by atoms with Crippen LogP contribution in [0.1, 0.15) is 5.56 Å². The molecule has 148 valence electrons. The lowest BCUT2D eigenvalue weighted by Gasteiger charge is -2.16. The van der Waals surface area contributed by atoms with Crippen LogP contribution < -0.4 is 9.80 Å². The number of hydrogen-bond donors (Lipinski definition) is 0. The number of anilines is 2. The van der Waals surface area contributed by atoms with Crippen LogP contribution in [0.2, 0.25) is 0 Å². The number of rotatable bonds is 3. The lowest BCUT2D eigenvalue weighted by Crippen LogP contribution is -2.29. The molecule has 30 heavy (non-hydrogen) atoms. The topological polar surface area (TPSA) is 35.9 Å². The molecule has 0 aromatic heterocycles. The van der Waals surface area contributed by atoms with Gasteiger partial charge in [0.15, 0.2) is 5.17 Å². The van der Waals surface area contributed by atoms with Crippen LogP contribution >= 0.6 is 23.5 Å². The number of nitrogens with zero attached hydrogens (tertiary/aromatic N) is 3. The van der Waals surface area contributed by atoms with Crippen LogP contribution in [-0.2, 0) is 11.3 Å². The van der Waals surface area contributed by atoms with Gasteiger partial charge in [-0.1, -0.05) is 72.4 Å². The van der Waals surface area contributed by atoms with Crippen LogP contribution in [0, 0.1) is 0 Å². The van der Waals surface area contributed by atoms with Gasteiger partial charge in [0.1, 0.15) is 4.91 Å². The Balaban J connectivity index is 1.55. The first kappa shape index (κ1) is 19.0. The molecule has 0 aliphatic carbocycles. The zero-order valence-corrected chi connectivity index (χ0v) is 18.0. The average Bonchev–Trinajstić information content (AvgIpc) is 3.30. The number of thioether (sulfide) groups is 2. The van der Waals surface area contributed by atoms with Crippen LogP contribution in [0.5, 0.6) is 0 Å². The van der Waals surface area contributed by atoms with Crippen molar-refractivity contribution in [3.05, 3.63) is 100 Å². The molecule has 1 saturated heterocycles. The van der Waals surface area contributed by atoms with Crippen molar-refractivity contribution in [2.75, 3.05) is 16.8 Å². The second-order valence-electron chi connectivity index (χ2n) is 6.93. The van der Waals surface area contributed by atoms with Gasteiger partial charge in [-0.25, -0.2) is 0 Å². The van der Waals surface area contributed by atoms with Crippen molar-refractivity contribution in [2.24, 2.45) is 4.99 Å². The number of hydrogen-bond acceptors (Lipinski definition) is 5. The van der Waals surface area contributed by atoms with Crippen LogP contribution in [0.15, 0.2) is 105 Å². The standard InChI is InChI=1S/C24H19N3OS2/c1-26-19-14-8-9-15-20(19)29-23(26)21-22(28)27(18-12-6-3-7-13-18)24(30-21)25-16-17-10-4-2-5-11-17/h2-15H,16H2,1H3. The smallest absolute Gasteiger partial charge is 0.274 e. The van der Waals surface area contributed by atoms with E-state index in [2.05, 4.69) is 29.2 Å². The van der Waals surface area contributed by atoms with Crippen LogP contribution in [0.4, 0.5) is 11.4 Å². The Morgan fingerprint density at radius 2 is 1.50 bits per heavy atom. The number of carbonyl (C=O) groups is 1. The van der Waals surface area contributed by atoms with Crippen LogP contribution in [-0.4, -0.2) is 18.1 Å². The minimum Gasteiger partial charge on any atom is -0.337 e. The zero-order chi connectivity index (χ0) is 20.5. The monoisotopic (exact) mass is 429 g/mol. The molecule has 5 rings (SSSR count). The Morgan fingerprint density at radius 1 is 0.833 bits per heavy atom. The van der Waals surface area contributed by atoms with Crippen molar-refractivity contribution in [3.63, 3.8) is 0 Å². The second-order valence-corrected chi connectivity index (χ2v) is 8.93. The molecule has 2 aliphatic heterocycles. The molecule has 3 aromatic rings. The second kappa shape index (κ2) is 8.05. The predicted octanol–water partition coefficient (Wildman–Crippen LogP) is 5.73. The molecule has 0 N–H and O–H groups in total. The van der Waals surface area contributed by atoms with E-state index >= 15 is 0 Å². The summed E-state index contributed by atoms with van der Waals surface area (Å²) in [6, 6.07) is 28.1. The van der Waals surface area contributed by atoms with E-state index in [9.17, 15) is 4.79 Å². The van der Waals surface area contributed by atoms with Gasteiger partial charge in [-0.3, -0.25) is 14.7 Å². The normalized spacial score (nSPS) is 19.6. The Hall–Kier alpha value is -2.96. The van der Waals surface area contributed by atoms with Gasteiger partial charge >= 0.3 is 0 Å². The Morgan fingerprint density at radius 3 is 2.23 bits per heavy atom. The van der Waals surface area contributed by atoms with Gasteiger partial charge in [-0.15, -0.1) is 0 Å². The molecule has 6 heteroatoms. The lowest BCUT2D eigenvalue weighted by atomic mass is 10.2. The molecule has 0 bridgehead atoms. The highest BCUT2D eigenvalue weighted by Gasteiger charge is 2.39. The Kier molecular flexibility index (Phi) is 5.11. The SMILES string of the molecule is CN1C(=C2SC(=NCc3ccccc3)N(c3ccccc3)C2=O)Sc2ccccc21. The van der Waals surface area contributed by atoms with Gasteiger partial charge in [0.05, 0.1) is 22.9 Å². The third kappa shape index (κ3) is 3.42. The molecule has 3 aromatic carbocycles. The lowest BCUT2D eigenvalue weighted by molar-refractivity contribution is -0.113. The molecule has 0 radical (unpaired) electrons. The Labute approximate surface area is 184 Å². The summed E-state index contributed by atoms with van der Waals surface area (Å²) in [5.41, 5.74) is 3.08. The largest absolute Gasteiger partial charge is 0.337 e. The van der Waals surface area contributed by atoms with Gasteiger partial charge in [0.25, 0.3) is 5.91 Å². The number of fused-ring (bicyclic) bond motifs is 1. The van der Waals surface area contributed by atoms with Crippen molar-refractivity contribution in [2.45, 2.75) is 11.4 Å². The maximum Gasteiger partial charge on any atom is 0.274 e. The summed E-state index contributed by atoms with van der Waals surface area (Å²) in [4.78, 5) is 24.1. The van der Waals surface area contributed by atoms with Crippen molar-refractivity contribution in [1.82, 2.24) is 0 Å². The van der Waals surface area contributed by atoms with Gasteiger partial charge in [0, 0.05) is 11.9 Å². The summed E-state index contributed by atoms with van der Waals surface area (Å²) in [5, 5.41) is 1.67. The summed E-state index contributed by atoms with van der Waals surface area (Å²) in [6.07, 6.45) is 0. The number of amides is 1. The fraction of sp³-hybridized carbons (Fsp3) is 0.0833. The van der Waals surface area contributed by atoms with Crippen molar-refractivity contribution < 1.29 is 4.79 Å². The van der Waals surface area contributed by atoms with Gasteiger partial charge in [0.2, 0.25) is 0 Å². The van der Waals surface area contributed by atoms with Gasteiger partial charge in [-0.2, -0.15) is 0 Å². The molecular formula is C24H19N3OS2. The molecule has 1 fully saturated rings. The minimum atomic E-state index is -0.0276.